The van der Waals surface area contributed by atoms with Crippen LogP contribution in [0.4, 0.5) is 0 Å². The van der Waals surface area contributed by atoms with E-state index < -0.39 is 0 Å². The molecule has 1 saturated heterocycles. The lowest BCUT2D eigenvalue weighted by Gasteiger charge is -2.22. The third kappa shape index (κ3) is 4.08. The van der Waals surface area contributed by atoms with Gasteiger partial charge in [-0.15, -0.1) is 12.4 Å². The summed E-state index contributed by atoms with van der Waals surface area (Å²) in [7, 11) is 0. The molecule has 118 valence electrons. The van der Waals surface area contributed by atoms with E-state index in [4.69, 9.17) is 0 Å². The van der Waals surface area contributed by atoms with Crippen molar-refractivity contribution in [2.75, 3.05) is 6.54 Å². The number of hydrogen-bond acceptors (Lipinski definition) is 3. The summed E-state index contributed by atoms with van der Waals surface area (Å²) in [5.41, 5.74) is 2.11. The van der Waals surface area contributed by atoms with Crippen molar-refractivity contribution in [1.29, 1.82) is 0 Å². The van der Waals surface area contributed by atoms with E-state index in [1.807, 2.05) is 41.2 Å². The molecule has 22 heavy (non-hydrogen) atoms. The van der Waals surface area contributed by atoms with Crippen LogP contribution in [-0.2, 0) is 11.3 Å². The smallest absolute Gasteiger partial charge is 0.237 e. The number of benzene rings is 1. The topological polar surface area (TPSA) is 59.0 Å². The summed E-state index contributed by atoms with van der Waals surface area (Å²) >= 11 is 0. The summed E-state index contributed by atoms with van der Waals surface area (Å²) in [6.07, 6.45) is 6.89. The van der Waals surface area contributed by atoms with Crippen LogP contribution in [0.15, 0.2) is 42.7 Å². The first-order chi connectivity index (χ1) is 10.3. The highest BCUT2D eigenvalue weighted by Gasteiger charge is 2.19. The number of carbonyl (C=O) groups excluding carboxylic acids is 1. The van der Waals surface area contributed by atoms with Gasteiger partial charge in [0.05, 0.1) is 11.7 Å². The molecular formula is C16H21ClN4O. The van der Waals surface area contributed by atoms with Crippen molar-refractivity contribution in [3.63, 3.8) is 0 Å². The first-order valence-electron chi connectivity index (χ1n) is 7.43. The molecule has 0 spiro atoms. The van der Waals surface area contributed by atoms with E-state index in [0.29, 0.717) is 6.54 Å². The number of aromatic nitrogens is 2. The maximum Gasteiger partial charge on any atom is 0.237 e. The Kier molecular flexibility index (Phi) is 5.98. The number of nitrogens with one attached hydrogen (secondary N) is 2. The number of amides is 1. The molecule has 6 heteroatoms. The Bertz CT molecular complexity index is 577. The minimum Gasteiger partial charge on any atom is -0.351 e. The second kappa shape index (κ2) is 7.96. The molecule has 1 aromatic heterocycles. The molecule has 1 aliphatic rings. The largest absolute Gasteiger partial charge is 0.351 e. The van der Waals surface area contributed by atoms with Gasteiger partial charge in [0, 0.05) is 18.9 Å². The minimum atomic E-state index is -0.0258. The zero-order valence-corrected chi connectivity index (χ0v) is 13.2. The molecule has 1 atom stereocenters. The van der Waals surface area contributed by atoms with Gasteiger partial charge in [0.15, 0.2) is 0 Å². The van der Waals surface area contributed by atoms with Crippen molar-refractivity contribution < 1.29 is 4.79 Å². The van der Waals surface area contributed by atoms with Gasteiger partial charge in [-0.05, 0) is 43.1 Å². The SMILES string of the molecule is Cl.O=C(NCc1ccc(-n2cccn2)cc1)C1CCCCN1. The molecule has 0 aliphatic carbocycles. The van der Waals surface area contributed by atoms with Gasteiger partial charge in [-0.2, -0.15) is 5.10 Å². The quantitative estimate of drug-likeness (QED) is 0.906. The van der Waals surface area contributed by atoms with Gasteiger partial charge >= 0.3 is 0 Å². The molecule has 0 saturated carbocycles. The summed E-state index contributed by atoms with van der Waals surface area (Å²) in [6.45, 7) is 1.51. The second-order valence-corrected chi connectivity index (χ2v) is 5.34. The van der Waals surface area contributed by atoms with E-state index in [1.165, 1.54) is 6.42 Å². The normalized spacial score (nSPS) is 17.5. The van der Waals surface area contributed by atoms with Crippen molar-refractivity contribution in [3.05, 3.63) is 48.3 Å². The highest BCUT2D eigenvalue weighted by atomic mass is 35.5. The number of nitrogens with zero attached hydrogens (tertiary/aromatic N) is 2. The van der Waals surface area contributed by atoms with Crippen LogP contribution in [-0.4, -0.2) is 28.3 Å². The van der Waals surface area contributed by atoms with Gasteiger partial charge in [-0.25, -0.2) is 4.68 Å². The average Bonchev–Trinajstić information content (AvgIpc) is 3.08. The number of carbonyl (C=O) groups is 1. The Balaban J connectivity index is 0.00000176. The lowest BCUT2D eigenvalue weighted by atomic mass is 10.0. The molecule has 2 aromatic rings. The standard InChI is InChI=1S/C16H20N4O.ClH/c21-16(15-4-1-2-9-17-15)18-12-13-5-7-14(8-6-13)20-11-3-10-19-20;/h3,5-8,10-11,15,17H,1-2,4,9,12H2,(H,18,21);1H. The zero-order valence-electron chi connectivity index (χ0n) is 12.4. The van der Waals surface area contributed by atoms with Crippen LogP contribution in [0.25, 0.3) is 5.69 Å². The van der Waals surface area contributed by atoms with Crippen molar-refractivity contribution >= 4 is 18.3 Å². The fraction of sp³-hybridized carbons (Fsp3) is 0.375. The van der Waals surface area contributed by atoms with Gasteiger partial charge in [0.2, 0.25) is 5.91 Å². The van der Waals surface area contributed by atoms with Crippen LogP contribution in [0.3, 0.4) is 0 Å². The molecule has 0 radical (unpaired) electrons. The molecule has 1 aliphatic heterocycles. The van der Waals surface area contributed by atoms with Crippen LogP contribution < -0.4 is 10.6 Å². The molecular weight excluding hydrogens is 300 g/mol. The number of halogens is 1. The van der Waals surface area contributed by atoms with E-state index in [2.05, 4.69) is 15.7 Å². The first-order valence-corrected chi connectivity index (χ1v) is 7.43. The molecule has 1 aromatic carbocycles. The van der Waals surface area contributed by atoms with Crippen LogP contribution in [0.2, 0.25) is 0 Å². The number of piperidine rings is 1. The summed E-state index contributed by atoms with van der Waals surface area (Å²) in [5, 5.41) is 10.4. The van der Waals surface area contributed by atoms with Crippen LogP contribution >= 0.6 is 12.4 Å². The molecule has 3 rings (SSSR count). The van der Waals surface area contributed by atoms with E-state index >= 15 is 0 Å². The lowest BCUT2D eigenvalue weighted by molar-refractivity contribution is -0.123. The van der Waals surface area contributed by atoms with E-state index in [1.54, 1.807) is 6.20 Å². The van der Waals surface area contributed by atoms with Gasteiger partial charge in [0.25, 0.3) is 0 Å². The van der Waals surface area contributed by atoms with Gasteiger partial charge in [-0.3, -0.25) is 4.79 Å². The second-order valence-electron chi connectivity index (χ2n) is 5.34. The van der Waals surface area contributed by atoms with Gasteiger partial charge in [-0.1, -0.05) is 18.6 Å². The summed E-state index contributed by atoms with van der Waals surface area (Å²) in [6, 6.07) is 9.92. The Morgan fingerprint density at radius 1 is 1.32 bits per heavy atom. The average molecular weight is 321 g/mol. The predicted molar refractivity (Wildman–Crippen MR) is 88.3 cm³/mol. The minimum absolute atomic E-state index is 0. The molecule has 1 fully saturated rings. The molecule has 2 heterocycles. The van der Waals surface area contributed by atoms with Crippen molar-refractivity contribution in [2.45, 2.75) is 31.8 Å². The molecule has 2 N–H and O–H groups in total. The van der Waals surface area contributed by atoms with Crippen molar-refractivity contribution in [3.8, 4) is 5.69 Å². The lowest BCUT2D eigenvalue weighted by Crippen LogP contribution is -2.46. The molecule has 5 nitrogen and oxygen atoms in total. The molecule has 0 bridgehead atoms. The third-order valence-corrected chi connectivity index (χ3v) is 3.80. The van der Waals surface area contributed by atoms with Crippen LogP contribution in [0.1, 0.15) is 24.8 Å². The Morgan fingerprint density at radius 2 is 2.14 bits per heavy atom. The maximum absolute atomic E-state index is 12.0. The summed E-state index contributed by atoms with van der Waals surface area (Å²) < 4.78 is 1.81. The van der Waals surface area contributed by atoms with Gasteiger partial charge < -0.3 is 10.6 Å². The predicted octanol–water partition coefficient (Wildman–Crippen LogP) is 2.05. The van der Waals surface area contributed by atoms with Crippen molar-refractivity contribution in [2.24, 2.45) is 0 Å². The Hall–Kier alpha value is -1.85. The van der Waals surface area contributed by atoms with Crippen LogP contribution in [0, 0.1) is 0 Å². The number of rotatable bonds is 4. The first kappa shape index (κ1) is 16.5. The Labute approximate surface area is 136 Å². The van der Waals surface area contributed by atoms with Crippen molar-refractivity contribution in [1.82, 2.24) is 20.4 Å². The highest BCUT2D eigenvalue weighted by Crippen LogP contribution is 2.10. The molecule has 1 amide bonds. The van der Waals surface area contributed by atoms with Crippen LogP contribution in [0.5, 0.6) is 0 Å². The number of hydrogen-bond donors (Lipinski definition) is 2. The monoisotopic (exact) mass is 320 g/mol. The Morgan fingerprint density at radius 3 is 2.77 bits per heavy atom. The van der Waals surface area contributed by atoms with E-state index in [9.17, 15) is 4.79 Å². The summed E-state index contributed by atoms with van der Waals surface area (Å²) in [5.74, 6) is 0.103. The fourth-order valence-corrected chi connectivity index (χ4v) is 2.58. The highest BCUT2D eigenvalue weighted by molar-refractivity contribution is 5.85. The van der Waals surface area contributed by atoms with E-state index in [0.717, 1.165) is 30.6 Å². The fourth-order valence-electron chi connectivity index (χ4n) is 2.58. The zero-order chi connectivity index (χ0) is 14.5. The maximum atomic E-state index is 12.0. The van der Waals surface area contributed by atoms with Gasteiger partial charge in [0.1, 0.15) is 0 Å². The van der Waals surface area contributed by atoms with E-state index in [-0.39, 0.29) is 24.4 Å². The third-order valence-electron chi connectivity index (χ3n) is 3.80. The summed E-state index contributed by atoms with van der Waals surface area (Å²) in [4.78, 5) is 12.0. The molecule has 1 unspecified atom stereocenters.